The zero-order chi connectivity index (χ0) is 16.3. The first-order valence-electron chi connectivity index (χ1n) is 6.14. The monoisotopic (exact) mass is 308 g/mol. The van der Waals surface area contributed by atoms with Crippen molar-refractivity contribution in [3.05, 3.63) is 33.6 Å². The smallest absolute Gasteiger partial charge is 0.343 e. The number of hydrogen-bond acceptors (Lipinski definition) is 7. The number of esters is 1. The van der Waals surface area contributed by atoms with Gasteiger partial charge in [0.05, 0.1) is 18.9 Å². The minimum absolute atomic E-state index is 0.0720. The Morgan fingerprint density at radius 1 is 1.55 bits per heavy atom. The molecule has 0 aliphatic heterocycles. The zero-order valence-corrected chi connectivity index (χ0v) is 11.7. The molecule has 0 fully saturated rings. The van der Waals surface area contributed by atoms with Crippen molar-refractivity contribution < 1.29 is 19.2 Å². The molecule has 0 atom stereocenters. The van der Waals surface area contributed by atoms with Crippen LogP contribution in [0, 0.1) is 10.1 Å². The van der Waals surface area contributed by atoms with Gasteiger partial charge in [-0.15, -0.1) is 5.10 Å². The van der Waals surface area contributed by atoms with Gasteiger partial charge in [0.2, 0.25) is 0 Å². The maximum absolute atomic E-state index is 12.0. The number of aromatic amines is 1. The van der Waals surface area contributed by atoms with E-state index in [0.717, 1.165) is 6.07 Å². The van der Waals surface area contributed by atoms with E-state index in [1.54, 1.807) is 6.92 Å². The summed E-state index contributed by atoms with van der Waals surface area (Å²) in [4.78, 5) is 33.6. The third-order valence-electron chi connectivity index (χ3n) is 2.66. The van der Waals surface area contributed by atoms with Crippen LogP contribution in [-0.2, 0) is 11.8 Å². The SMILES string of the molecule is CCOC(=O)c1cnn(C)c1NC(=O)c1cc([N+](=O)[O-])[nH]n1. The Labute approximate surface area is 123 Å². The van der Waals surface area contributed by atoms with Crippen LogP contribution in [0.2, 0.25) is 0 Å². The van der Waals surface area contributed by atoms with Crippen LogP contribution in [0.5, 0.6) is 0 Å². The second-order valence-electron chi connectivity index (χ2n) is 4.10. The third kappa shape index (κ3) is 2.92. The lowest BCUT2D eigenvalue weighted by Crippen LogP contribution is -2.18. The van der Waals surface area contributed by atoms with Crippen molar-refractivity contribution in [3.63, 3.8) is 0 Å². The molecule has 2 rings (SSSR count). The fourth-order valence-corrected chi connectivity index (χ4v) is 1.64. The molecule has 1 amide bonds. The summed E-state index contributed by atoms with van der Waals surface area (Å²) in [6.07, 6.45) is 1.25. The number of aryl methyl sites for hydroxylation is 1. The highest BCUT2D eigenvalue weighted by atomic mass is 16.6. The fourth-order valence-electron chi connectivity index (χ4n) is 1.64. The predicted octanol–water partition coefficient (Wildman–Crippen LogP) is 0.480. The molecular formula is C11H12N6O5. The Bertz CT molecular complexity index is 733. The van der Waals surface area contributed by atoms with Gasteiger partial charge in [-0.05, 0) is 11.8 Å². The van der Waals surface area contributed by atoms with Gasteiger partial charge in [0.1, 0.15) is 11.4 Å². The van der Waals surface area contributed by atoms with E-state index < -0.39 is 22.6 Å². The summed E-state index contributed by atoms with van der Waals surface area (Å²) in [5.74, 6) is -1.67. The second-order valence-corrected chi connectivity index (χ2v) is 4.10. The summed E-state index contributed by atoms with van der Waals surface area (Å²) in [6.45, 7) is 1.82. The van der Waals surface area contributed by atoms with Crippen molar-refractivity contribution in [1.82, 2.24) is 20.0 Å². The topological polar surface area (TPSA) is 145 Å². The van der Waals surface area contributed by atoms with Gasteiger partial charge in [-0.2, -0.15) is 5.10 Å². The lowest BCUT2D eigenvalue weighted by molar-refractivity contribution is -0.389. The Hall–Kier alpha value is -3.24. The summed E-state index contributed by atoms with van der Waals surface area (Å²) in [7, 11) is 1.52. The van der Waals surface area contributed by atoms with E-state index >= 15 is 0 Å². The van der Waals surface area contributed by atoms with Gasteiger partial charge in [0.15, 0.2) is 5.69 Å². The molecule has 0 spiro atoms. The molecule has 0 radical (unpaired) electrons. The quantitative estimate of drug-likeness (QED) is 0.464. The van der Waals surface area contributed by atoms with Gasteiger partial charge in [-0.25, -0.2) is 4.79 Å². The average molecular weight is 308 g/mol. The molecule has 2 aromatic rings. The number of nitrogens with one attached hydrogen (secondary N) is 2. The number of amides is 1. The molecule has 0 bridgehead atoms. The van der Waals surface area contributed by atoms with Gasteiger partial charge in [-0.1, -0.05) is 5.10 Å². The number of hydrogen-bond donors (Lipinski definition) is 2. The van der Waals surface area contributed by atoms with Gasteiger partial charge >= 0.3 is 11.8 Å². The molecule has 2 heterocycles. The average Bonchev–Trinajstić information content (AvgIpc) is 3.07. The van der Waals surface area contributed by atoms with Crippen molar-refractivity contribution in [3.8, 4) is 0 Å². The van der Waals surface area contributed by atoms with Crippen LogP contribution in [0.25, 0.3) is 0 Å². The number of nitro groups is 1. The molecule has 11 nitrogen and oxygen atoms in total. The molecule has 22 heavy (non-hydrogen) atoms. The molecule has 2 N–H and O–H groups in total. The number of rotatable bonds is 5. The summed E-state index contributed by atoms with van der Waals surface area (Å²) < 4.78 is 6.12. The standard InChI is InChI=1S/C11H12N6O5/c1-3-22-11(19)6-5-12-16(2)9(6)13-10(18)7-4-8(15-14-7)17(20)21/h4-5H,3H2,1-2H3,(H,13,18)(H,14,15). The fraction of sp³-hybridized carbons (Fsp3) is 0.273. The number of aromatic nitrogens is 4. The van der Waals surface area contributed by atoms with Crippen LogP contribution in [0.4, 0.5) is 11.6 Å². The number of nitrogens with zero attached hydrogens (tertiary/aromatic N) is 4. The predicted molar refractivity (Wildman–Crippen MR) is 72.4 cm³/mol. The normalized spacial score (nSPS) is 10.3. The number of ether oxygens (including phenoxy) is 1. The molecule has 0 aliphatic rings. The molecule has 116 valence electrons. The van der Waals surface area contributed by atoms with E-state index in [0.29, 0.717) is 0 Å². The number of carbonyl (C=O) groups is 2. The highest BCUT2D eigenvalue weighted by molar-refractivity contribution is 6.06. The van der Waals surface area contributed by atoms with Crippen molar-refractivity contribution in [2.75, 3.05) is 11.9 Å². The summed E-state index contributed by atoms with van der Waals surface area (Å²) >= 11 is 0. The largest absolute Gasteiger partial charge is 0.462 e. The van der Waals surface area contributed by atoms with Crippen LogP contribution >= 0.6 is 0 Å². The van der Waals surface area contributed by atoms with Gasteiger partial charge < -0.3 is 20.2 Å². The maximum atomic E-state index is 12.0. The first-order valence-corrected chi connectivity index (χ1v) is 6.14. The number of carbonyl (C=O) groups excluding carboxylic acids is 2. The Morgan fingerprint density at radius 2 is 2.27 bits per heavy atom. The lowest BCUT2D eigenvalue weighted by Gasteiger charge is -2.06. The molecule has 0 saturated carbocycles. The van der Waals surface area contributed by atoms with E-state index in [-0.39, 0.29) is 23.7 Å². The molecule has 0 aromatic carbocycles. The minimum atomic E-state index is -0.724. The summed E-state index contributed by atoms with van der Waals surface area (Å²) in [6, 6.07) is 0.982. The molecule has 0 unspecified atom stereocenters. The molecule has 0 saturated heterocycles. The minimum Gasteiger partial charge on any atom is -0.462 e. The van der Waals surface area contributed by atoms with E-state index in [9.17, 15) is 19.7 Å². The van der Waals surface area contributed by atoms with Crippen molar-refractivity contribution in [2.45, 2.75) is 6.92 Å². The van der Waals surface area contributed by atoms with Crippen LogP contribution in [-0.4, -0.2) is 43.4 Å². The van der Waals surface area contributed by atoms with Gasteiger partial charge in [0, 0.05) is 7.05 Å². The Morgan fingerprint density at radius 3 is 2.86 bits per heavy atom. The molecular weight excluding hydrogens is 296 g/mol. The molecule has 11 heteroatoms. The lowest BCUT2D eigenvalue weighted by atomic mass is 10.3. The van der Waals surface area contributed by atoms with Crippen LogP contribution in [0.3, 0.4) is 0 Å². The highest BCUT2D eigenvalue weighted by Crippen LogP contribution is 2.17. The van der Waals surface area contributed by atoms with Gasteiger partial charge in [0.25, 0.3) is 5.91 Å². The van der Waals surface area contributed by atoms with E-state index in [2.05, 4.69) is 20.6 Å². The van der Waals surface area contributed by atoms with Crippen LogP contribution in [0.15, 0.2) is 12.3 Å². The van der Waals surface area contributed by atoms with E-state index in [1.165, 1.54) is 17.9 Å². The first-order chi connectivity index (χ1) is 10.4. The Balaban J connectivity index is 2.22. The molecule has 0 aliphatic carbocycles. The van der Waals surface area contributed by atoms with Crippen LogP contribution < -0.4 is 5.32 Å². The van der Waals surface area contributed by atoms with Crippen molar-refractivity contribution in [2.24, 2.45) is 7.05 Å². The highest BCUT2D eigenvalue weighted by Gasteiger charge is 2.22. The Kier molecular flexibility index (Phi) is 4.15. The third-order valence-corrected chi connectivity index (χ3v) is 2.66. The maximum Gasteiger partial charge on any atom is 0.343 e. The number of anilines is 1. The molecule has 2 aromatic heterocycles. The van der Waals surface area contributed by atoms with Gasteiger partial charge in [-0.3, -0.25) is 9.48 Å². The second kappa shape index (κ2) is 6.03. The first kappa shape index (κ1) is 15.2. The summed E-state index contributed by atoms with van der Waals surface area (Å²) in [5.41, 5.74) is -0.120. The van der Waals surface area contributed by atoms with Crippen molar-refractivity contribution in [1.29, 1.82) is 0 Å². The number of H-pyrrole nitrogens is 1. The van der Waals surface area contributed by atoms with E-state index in [1.807, 2.05) is 0 Å². The van der Waals surface area contributed by atoms with Crippen LogP contribution in [0.1, 0.15) is 27.8 Å². The summed E-state index contributed by atoms with van der Waals surface area (Å²) in [5, 5.41) is 22.5. The van der Waals surface area contributed by atoms with E-state index in [4.69, 9.17) is 4.74 Å². The van der Waals surface area contributed by atoms with Crippen molar-refractivity contribution >= 4 is 23.5 Å². The zero-order valence-electron chi connectivity index (χ0n) is 11.7.